The number of nitrogens with one attached hydrogen (secondary N) is 1. The van der Waals surface area contributed by atoms with Crippen molar-refractivity contribution in [2.45, 2.75) is 0 Å². The van der Waals surface area contributed by atoms with Crippen LogP contribution in [0.2, 0.25) is 10.0 Å². The van der Waals surface area contributed by atoms with Gasteiger partial charge in [-0.15, -0.1) is 5.10 Å². The minimum absolute atomic E-state index is 0.235. The molecule has 0 aliphatic rings. The molecule has 0 atom stereocenters. The first-order valence-corrected chi connectivity index (χ1v) is 8.71. The van der Waals surface area contributed by atoms with Gasteiger partial charge < -0.3 is 9.15 Å². The molecule has 0 aliphatic heterocycles. The number of benzene rings is 2. The van der Waals surface area contributed by atoms with Crippen LogP contribution in [0.5, 0.6) is 5.75 Å². The van der Waals surface area contributed by atoms with Crippen LogP contribution in [0.4, 0.5) is 11.1 Å². The van der Waals surface area contributed by atoms with E-state index in [1.54, 1.807) is 25.3 Å². The van der Waals surface area contributed by atoms with Crippen molar-refractivity contribution >= 4 is 55.9 Å². The maximum atomic E-state index is 6.02. The maximum absolute atomic E-state index is 6.02. The maximum Gasteiger partial charge on any atom is 0.322 e. The Morgan fingerprint density at radius 1 is 1.12 bits per heavy atom. The summed E-state index contributed by atoms with van der Waals surface area (Å²) in [6.07, 6.45) is 0. The zero-order valence-electron chi connectivity index (χ0n) is 12.8. The first-order chi connectivity index (χ1) is 12.1. The van der Waals surface area contributed by atoms with E-state index in [0.717, 1.165) is 10.2 Å². The number of aromatic nitrogens is 3. The van der Waals surface area contributed by atoms with Gasteiger partial charge in [0.1, 0.15) is 11.3 Å². The van der Waals surface area contributed by atoms with Crippen molar-refractivity contribution in [2.75, 3.05) is 12.4 Å². The quantitative estimate of drug-likeness (QED) is 0.500. The van der Waals surface area contributed by atoms with Crippen molar-refractivity contribution in [1.29, 1.82) is 0 Å². The second-order valence-electron chi connectivity index (χ2n) is 4.99. The molecule has 2 heterocycles. The number of para-hydroxylation sites is 1. The molecule has 4 aromatic rings. The lowest BCUT2D eigenvalue weighted by molar-refractivity contribution is 0.419. The molecular formula is C16H10Cl2N4O2S. The van der Waals surface area contributed by atoms with Crippen LogP contribution < -0.4 is 10.1 Å². The van der Waals surface area contributed by atoms with Gasteiger partial charge in [0.15, 0.2) is 5.13 Å². The molecule has 2 aromatic heterocycles. The van der Waals surface area contributed by atoms with Gasteiger partial charge in [0, 0.05) is 5.56 Å². The fourth-order valence-electron chi connectivity index (χ4n) is 2.25. The summed E-state index contributed by atoms with van der Waals surface area (Å²) in [5, 5.41) is 12.5. The van der Waals surface area contributed by atoms with Crippen LogP contribution in [0.1, 0.15) is 0 Å². The molecule has 0 fully saturated rings. The molecule has 6 nitrogen and oxygen atoms in total. The van der Waals surface area contributed by atoms with Gasteiger partial charge in [-0.3, -0.25) is 5.32 Å². The van der Waals surface area contributed by atoms with E-state index in [4.69, 9.17) is 32.4 Å². The Morgan fingerprint density at radius 3 is 2.80 bits per heavy atom. The SMILES string of the molecule is COc1cccc2sc(Nc3nnc(-c4ccc(Cl)c(Cl)c4)o3)nc12. The number of halogens is 2. The number of methoxy groups -OCH3 is 1. The molecule has 2 aromatic carbocycles. The molecule has 0 aliphatic carbocycles. The van der Waals surface area contributed by atoms with Gasteiger partial charge in [0.25, 0.3) is 0 Å². The fourth-order valence-corrected chi connectivity index (χ4v) is 3.42. The van der Waals surface area contributed by atoms with Crippen LogP contribution in [0, 0.1) is 0 Å². The Bertz CT molecular complexity index is 1060. The highest BCUT2D eigenvalue weighted by Crippen LogP contribution is 2.34. The van der Waals surface area contributed by atoms with Crippen molar-refractivity contribution in [3.05, 3.63) is 46.4 Å². The summed E-state index contributed by atoms with van der Waals surface area (Å²) >= 11 is 13.4. The van der Waals surface area contributed by atoms with Crippen molar-refractivity contribution in [1.82, 2.24) is 15.2 Å². The predicted molar refractivity (Wildman–Crippen MR) is 99.2 cm³/mol. The number of fused-ring (bicyclic) bond motifs is 1. The lowest BCUT2D eigenvalue weighted by atomic mass is 10.2. The van der Waals surface area contributed by atoms with Gasteiger partial charge >= 0.3 is 6.01 Å². The third kappa shape index (κ3) is 3.13. The van der Waals surface area contributed by atoms with E-state index in [2.05, 4.69) is 20.5 Å². The molecule has 0 spiro atoms. The lowest BCUT2D eigenvalue weighted by Crippen LogP contribution is -1.89. The molecule has 0 saturated heterocycles. The fraction of sp³-hybridized carbons (Fsp3) is 0.0625. The molecule has 0 bridgehead atoms. The summed E-state index contributed by atoms with van der Waals surface area (Å²) in [5.74, 6) is 1.04. The summed E-state index contributed by atoms with van der Waals surface area (Å²) in [4.78, 5) is 4.50. The lowest BCUT2D eigenvalue weighted by Gasteiger charge is -1.98. The van der Waals surface area contributed by atoms with Crippen LogP contribution in [0.3, 0.4) is 0 Å². The molecular weight excluding hydrogens is 383 g/mol. The Morgan fingerprint density at radius 2 is 2.00 bits per heavy atom. The number of thiazole rings is 1. The van der Waals surface area contributed by atoms with E-state index in [0.29, 0.717) is 32.4 Å². The number of anilines is 2. The summed E-state index contributed by atoms with van der Waals surface area (Å²) in [7, 11) is 1.61. The zero-order chi connectivity index (χ0) is 17.4. The molecule has 1 N–H and O–H groups in total. The zero-order valence-corrected chi connectivity index (χ0v) is 15.1. The molecule has 25 heavy (non-hydrogen) atoms. The largest absolute Gasteiger partial charge is 0.494 e. The van der Waals surface area contributed by atoms with Crippen molar-refractivity contribution < 1.29 is 9.15 Å². The Balaban J connectivity index is 1.62. The summed E-state index contributed by atoms with van der Waals surface area (Å²) in [6.45, 7) is 0. The second-order valence-corrected chi connectivity index (χ2v) is 6.84. The number of hydrogen-bond acceptors (Lipinski definition) is 7. The second kappa shape index (κ2) is 6.51. The molecule has 126 valence electrons. The monoisotopic (exact) mass is 392 g/mol. The first-order valence-electron chi connectivity index (χ1n) is 7.13. The highest BCUT2D eigenvalue weighted by molar-refractivity contribution is 7.22. The van der Waals surface area contributed by atoms with Gasteiger partial charge in [-0.25, -0.2) is 4.98 Å². The van der Waals surface area contributed by atoms with E-state index in [1.165, 1.54) is 11.3 Å². The summed E-state index contributed by atoms with van der Waals surface area (Å²) in [6, 6.07) is 11.1. The number of hydrogen-bond donors (Lipinski definition) is 1. The standard InChI is InChI=1S/C16H10Cl2N4O2S/c1-23-11-3-2-4-12-13(11)19-16(25-12)20-15-22-21-14(24-15)8-5-6-9(17)10(18)7-8/h2-7H,1H3,(H,19,20,22). The topological polar surface area (TPSA) is 73.1 Å². The van der Waals surface area contributed by atoms with Crippen LogP contribution in [-0.2, 0) is 0 Å². The predicted octanol–water partition coefficient (Wildman–Crippen LogP) is 5.41. The molecule has 0 amide bonds. The van der Waals surface area contributed by atoms with E-state index in [9.17, 15) is 0 Å². The van der Waals surface area contributed by atoms with Crippen molar-refractivity contribution in [2.24, 2.45) is 0 Å². The van der Waals surface area contributed by atoms with Gasteiger partial charge in [-0.2, -0.15) is 0 Å². The number of ether oxygens (including phenoxy) is 1. The molecule has 0 radical (unpaired) electrons. The van der Waals surface area contributed by atoms with Gasteiger partial charge in [0.05, 0.1) is 21.9 Å². The van der Waals surface area contributed by atoms with Crippen molar-refractivity contribution in [3.63, 3.8) is 0 Å². The van der Waals surface area contributed by atoms with Crippen LogP contribution >= 0.6 is 34.5 Å². The first kappa shape index (κ1) is 16.1. The van der Waals surface area contributed by atoms with Crippen LogP contribution in [0.25, 0.3) is 21.7 Å². The van der Waals surface area contributed by atoms with Gasteiger partial charge in [-0.05, 0) is 30.3 Å². The smallest absolute Gasteiger partial charge is 0.322 e. The Labute approximate surface area is 156 Å². The Hall–Kier alpha value is -2.35. The normalized spacial score (nSPS) is 11.0. The van der Waals surface area contributed by atoms with Crippen molar-refractivity contribution in [3.8, 4) is 17.2 Å². The molecule has 0 saturated carbocycles. The number of rotatable bonds is 4. The summed E-state index contributed by atoms with van der Waals surface area (Å²) < 4.78 is 11.9. The third-order valence-corrected chi connectivity index (χ3v) is 5.08. The highest BCUT2D eigenvalue weighted by Gasteiger charge is 2.13. The minimum atomic E-state index is 0.235. The van der Waals surface area contributed by atoms with E-state index < -0.39 is 0 Å². The number of nitrogens with zero attached hydrogens (tertiary/aromatic N) is 3. The van der Waals surface area contributed by atoms with Crippen LogP contribution in [-0.4, -0.2) is 22.3 Å². The average Bonchev–Trinajstić information content (AvgIpc) is 3.23. The molecule has 9 heteroatoms. The average molecular weight is 393 g/mol. The minimum Gasteiger partial charge on any atom is -0.494 e. The van der Waals surface area contributed by atoms with Gasteiger partial charge in [-0.1, -0.05) is 45.7 Å². The molecule has 0 unspecified atom stereocenters. The van der Waals surface area contributed by atoms with Gasteiger partial charge in [0.2, 0.25) is 5.89 Å². The van der Waals surface area contributed by atoms with E-state index in [1.807, 2.05) is 18.2 Å². The van der Waals surface area contributed by atoms with Crippen LogP contribution in [0.15, 0.2) is 40.8 Å². The highest BCUT2D eigenvalue weighted by atomic mass is 35.5. The van der Waals surface area contributed by atoms with E-state index in [-0.39, 0.29) is 6.01 Å². The summed E-state index contributed by atoms with van der Waals surface area (Å²) in [5.41, 5.74) is 1.46. The Kier molecular flexibility index (Phi) is 4.20. The van der Waals surface area contributed by atoms with E-state index >= 15 is 0 Å². The third-order valence-electron chi connectivity index (χ3n) is 3.41. The molecule has 4 rings (SSSR count).